The smallest absolute Gasteiger partial charge is 0.196 e. The minimum absolute atomic E-state index is 0.789. The Morgan fingerprint density at radius 2 is 1.96 bits per heavy atom. The summed E-state index contributed by atoms with van der Waals surface area (Å²) in [7, 11) is 0. The highest BCUT2D eigenvalue weighted by Crippen LogP contribution is 2.26. The second-order valence-corrected chi connectivity index (χ2v) is 7.79. The number of hydrogen-bond acceptors (Lipinski definition) is 6. The molecule has 0 aliphatic heterocycles. The second kappa shape index (κ2) is 7.29. The third kappa shape index (κ3) is 3.43. The lowest BCUT2D eigenvalue weighted by atomic mass is 10.3. The van der Waals surface area contributed by atoms with Gasteiger partial charge in [0.15, 0.2) is 5.16 Å². The van der Waals surface area contributed by atoms with Crippen molar-refractivity contribution in [2.45, 2.75) is 17.3 Å². The van der Waals surface area contributed by atoms with Crippen molar-refractivity contribution in [3.8, 4) is 5.69 Å². The Morgan fingerprint density at radius 1 is 1.04 bits per heavy atom. The van der Waals surface area contributed by atoms with Gasteiger partial charge in [-0.3, -0.25) is 4.57 Å². The molecule has 3 heterocycles. The molecule has 0 saturated heterocycles. The molecule has 120 valence electrons. The maximum atomic E-state index is 4.45. The van der Waals surface area contributed by atoms with Gasteiger partial charge in [0.1, 0.15) is 5.82 Å². The number of thiophene rings is 1. The Kier molecular flexibility index (Phi) is 4.73. The number of nitrogens with zero attached hydrogens (tertiary/aromatic N) is 4. The summed E-state index contributed by atoms with van der Waals surface area (Å²) in [5.74, 6) is 1.76. The van der Waals surface area contributed by atoms with Crippen molar-refractivity contribution in [2.75, 3.05) is 0 Å². The highest BCUT2D eigenvalue weighted by molar-refractivity contribution is 7.98. The van der Waals surface area contributed by atoms with Gasteiger partial charge in [-0.25, -0.2) is 4.98 Å². The van der Waals surface area contributed by atoms with E-state index in [0.717, 1.165) is 34.5 Å². The predicted molar refractivity (Wildman–Crippen MR) is 100 cm³/mol. The van der Waals surface area contributed by atoms with Crippen LogP contribution in [-0.2, 0) is 12.2 Å². The maximum Gasteiger partial charge on any atom is 0.196 e. The van der Waals surface area contributed by atoms with Gasteiger partial charge in [-0.1, -0.05) is 36.0 Å². The van der Waals surface area contributed by atoms with E-state index >= 15 is 0 Å². The van der Waals surface area contributed by atoms with Crippen molar-refractivity contribution in [1.82, 2.24) is 19.7 Å². The molecule has 0 radical (unpaired) electrons. The average molecular weight is 371 g/mol. The molecule has 4 rings (SSSR count). The molecule has 3 aromatic heterocycles. The van der Waals surface area contributed by atoms with Crippen LogP contribution in [0.15, 0.2) is 63.9 Å². The molecule has 0 N–H and O–H groups in total. The van der Waals surface area contributed by atoms with Crippen LogP contribution in [-0.4, -0.2) is 19.7 Å². The van der Waals surface area contributed by atoms with E-state index in [9.17, 15) is 0 Å². The zero-order valence-corrected chi connectivity index (χ0v) is 15.2. The Balaban J connectivity index is 1.66. The van der Waals surface area contributed by atoms with Gasteiger partial charge in [-0.05, 0) is 23.6 Å². The topological polar surface area (TPSA) is 43.6 Å². The van der Waals surface area contributed by atoms with Crippen LogP contribution in [0.25, 0.3) is 5.69 Å². The van der Waals surface area contributed by atoms with Crippen LogP contribution >= 0.6 is 34.4 Å². The third-order valence-corrected chi connectivity index (χ3v) is 5.93. The fourth-order valence-electron chi connectivity index (χ4n) is 2.36. The molecule has 4 nitrogen and oxygen atoms in total. The van der Waals surface area contributed by atoms with Gasteiger partial charge in [0.2, 0.25) is 0 Å². The SMILES string of the molecule is c1ccc(-n2c(Cc3cccs3)nnc2SCc2cscn2)cc1. The average Bonchev–Trinajstić information content (AvgIpc) is 3.37. The number of thiazole rings is 1. The summed E-state index contributed by atoms with van der Waals surface area (Å²) in [6, 6.07) is 14.5. The fourth-order valence-corrected chi connectivity index (χ4v) is 4.60. The van der Waals surface area contributed by atoms with Crippen molar-refractivity contribution in [2.24, 2.45) is 0 Å². The predicted octanol–water partition coefficient (Wildman–Crippen LogP) is 4.67. The summed E-state index contributed by atoms with van der Waals surface area (Å²) < 4.78 is 2.15. The van der Waals surface area contributed by atoms with Gasteiger partial charge >= 0.3 is 0 Å². The van der Waals surface area contributed by atoms with Crippen molar-refractivity contribution >= 4 is 34.4 Å². The molecule has 7 heteroatoms. The van der Waals surface area contributed by atoms with E-state index in [1.165, 1.54) is 4.88 Å². The quantitative estimate of drug-likeness (QED) is 0.463. The fraction of sp³-hybridized carbons (Fsp3) is 0.118. The van der Waals surface area contributed by atoms with Crippen molar-refractivity contribution in [3.63, 3.8) is 0 Å². The summed E-state index contributed by atoms with van der Waals surface area (Å²) >= 11 is 5.03. The standard InChI is InChI=1S/C17H14N4S3/c1-2-5-14(6-3-1)21-16(9-15-7-4-8-23-15)19-20-17(21)24-11-13-10-22-12-18-13/h1-8,10,12H,9,11H2. The summed E-state index contributed by atoms with van der Waals surface area (Å²) in [6.45, 7) is 0. The second-order valence-electron chi connectivity index (χ2n) is 5.09. The number of benzene rings is 1. The molecule has 0 aliphatic carbocycles. The van der Waals surface area contributed by atoms with E-state index in [1.807, 2.05) is 23.7 Å². The molecule has 1 aromatic carbocycles. The molecule has 0 atom stereocenters. The monoisotopic (exact) mass is 370 g/mol. The summed E-state index contributed by atoms with van der Waals surface area (Å²) in [5, 5.41) is 13.9. The molecule has 4 aromatic rings. The molecular formula is C17H14N4S3. The van der Waals surface area contributed by atoms with Crippen LogP contribution < -0.4 is 0 Å². The highest BCUT2D eigenvalue weighted by atomic mass is 32.2. The van der Waals surface area contributed by atoms with Gasteiger partial charge in [0.25, 0.3) is 0 Å². The summed E-state index contributed by atoms with van der Waals surface area (Å²) in [5.41, 5.74) is 4.03. The van der Waals surface area contributed by atoms with Gasteiger partial charge in [-0.2, -0.15) is 0 Å². The van der Waals surface area contributed by atoms with Crippen LogP contribution in [0.4, 0.5) is 0 Å². The zero-order chi connectivity index (χ0) is 16.2. The van der Waals surface area contributed by atoms with E-state index in [0.29, 0.717) is 0 Å². The van der Waals surface area contributed by atoms with Gasteiger partial charge in [-0.15, -0.1) is 32.9 Å². The number of hydrogen-bond donors (Lipinski definition) is 0. The molecule has 0 spiro atoms. The normalized spacial score (nSPS) is 11.0. The number of para-hydroxylation sites is 1. The molecular weight excluding hydrogens is 356 g/mol. The number of thioether (sulfide) groups is 1. The Hall–Kier alpha value is -1.96. The van der Waals surface area contributed by atoms with Gasteiger partial charge in [0.05, 0.1) is 11.2 Å². The minimum atomic E-state index is 0.789. The zero-order valence-electron chi connectivity index (χ0n) is 12.7. The summed E-state index contributed by atoms with van der Waals surface area (Å²) in [6.07, 6.45) is 0.789. The van der Waals surface area contributed by atoms with Crippen LogP contribution in [0.2, 0.25) is 0 Å². The lowest BCUT2D eigenvalue weighted by Gasteiger charge is -2.09. The Morgan fingerprint density at radius 3 is 2.71 bits per heavy atom. The first-order valence-corrected chi connectivity index (χ1v) is 10.2. The lowest BCUT2D eigenvalue weighted by Crippen LogP contribution is -2.03. The van der Waals surface area contributed by atoms with Crippen molar-refractivity contribution in [1.29, 1.82) is 0 Å². The molecule has 0 aliphatic rings. The van der Waals surface area contributed by atoms with Crippen molar-refractivity contribution < 1.29 is 0 Å². The highest BCUT2D eigenvalue weighted by Gasteiger charge is 2.15. The Bertz CT molecular complexity index is 883. The van der Waals surface area contributed by atoms with Crippen molar-refractivity contribution in [3.05, 3.63) is 75.1 Å². The van der Waals surface area contributed by atoms with Crippen LogP contribution in [0.5, 0.6) is 0 Å². The van der Waals surface area contributed by atoms with Gasteiger partial charge < -0.3 is 0 Å². The van der Waals surface area contributed by atoms with E-state index < -0.39 is 0 Å². The molecule has 24 heavy (non-hydrogen) atoms. The van der Waals surface area contributed by atoms with E-state index in [-0.39, 0.29) is 0 Å². The molecule has 0 saturated carbocycles. The summed E-state index contributed by atoms with van der Waals surface area (Å²) in [4.78, 5) is 5.63. The largest absolute Gasteiger partial charge is 0.274 e. The molecule has 0 bridgehead atoms. The van der Waals surface area contributed by atoms with Crippen LogP contribution in [0, 0.1) is 0 Å². The molecule has 0 fully saturated rings. The lowest BCUT2D eigenvalue weighted by molar-refractivity contribution is 0.850. The molecule has 0 unspecified atom stereocenters. The first-order chi connectivity index (χ1) is 11.9. The van der Waals surface area contributed by atoms with Crippen LogP contribution in [0.1, 0.15) is 16.4 Å². The first-order valence-electron chi connectivity index (χ1n) is 7.42. The van der Waals surface area contributed by atoms with E-state index in [2.05, 4.69) is 54.8 Å². The number of aromatic nitrogens is 4. The van der Waals surface area contributed by atoms with E-state index in [1.54, 1.807) is 34.4 Å². The third-order valence-electron chi connectivity index (χ3n) is 3.46. The maximum absolute atomic E-state index is 4.45. The van der Waals surface area contributed by atoms with Crippen LogP contribution in [0.3, 0.4) is 0 Å². The molecule has 0 amide bonds. The Labute approximate surface area is 152 Å². The first kappa shape index (κ1) is 15.6. The number of rotatable bonds is 6. The van der Waals surface area contributed by atoms with Gasteiger partial charge in [0, 0.05) is 28.1 Å². The minimum Gasteiger partial charge on any atom is -0.274 e. The van der Waals surface area contributed by atoms with E-state index in [4.69, 9.17) is 0 Å².